The lowest BCUT2D eigenvalue weighted by atomic mass is 10.0. The van der Waals surface area contributed by atoms with E-state index in [0.29, 0.717) is 6.42 Å². The van der Waals surface area contributed by atoms with Gasteiger partial charge in [0.25, 0.3) is 0 Å². The van der Waals surface area contributed by atoms with Crippen molar-refractivity contribution in [3.8, 4) is 0 Å². The maximum atomic E-state index is 12.4. The number of halogens is 1. The maximum Gasteiger partial charge on any atom is 0.309 e. The average molecular weight is 393 g/mol. The smallest absolute Gasteiger partial charge is 0.309 e. The number of cyclic esters (lactones) is 1. The van der Waals surface area contributed by atoms with Gasteiger partial charge in [0.05, 0.1) is 18.6 Å². The first-order valence-corrected chi connectivity index (χ1v) is 8.91. The number of fused-ring (bicyclic) bond motifs is 2. The molecule has 5 heteroatoms. The van der Waals surface area contributed by atoms with Crippen molar-refractivity contribution in [1.29, 1.82) is 0 Å². The molecule has 2 bridgehead atoms. The SMILES string of the molecule is CO[C@H]1C=C[C@H]2C/C=C\C[C@H](c3ccc(Br)cc3)OC(=O)C[C@H]1O2. The molecule has 2 aliphatic heterocycles. The van der Waals surface area contributed by atoms with Gasteiger partial charge in [-0.25, -0.2) is 0 Å². The molecule has 2 aliphatic rings. The molecular formula is C19H21BrO4. The number of carbonyl (C=O) groups excluding carboxylic acids is 1. The van der Waals surface area contributed by atoms with Crippen LogP contribution in [-0.4, -0.2) is 31.4 Å². The van der Waals surface area contributed by atoms with Crippen LogP contribution in [0.15, 0.2) is 53.0 Å². The Hall–Kier alpha value is -1.43. The van der Waals surface area contributed by atoms with Gasteiger partial charge in [0.1, 0.15) is 12.2 Å². The fourth-order valence-electron chi connectivity index (χ4n) is 2.98. The van der Waals surface area contributed by atoms with Crippen LogP contribution in [0, 0.1) is 0 Å². The van der Waals surface area contributed by atoms with E-state index in [1.165, 1.54) is 0 Å². The Balaban J connectivity index is 1.79. The highest BCUT2D eigenvalue weighted by Gasteiger charge is 2.30. The van der Waals surface area contributed by atoms with Gasteiger partial charge < -0.3 is 14.2 Å². The molecule has 0 fully saturated rings. The molecule has 128 valence electrons. The lowest BCUT2D eigenvalue weighted by Gasteiger charge is -2.30. The number of rotatable bonds is 2. The molecule has 24 heavy (non-hydrogen) atoms. The van der Waals surface area contributed by atoms with Gasteiger partial charge in [-0.15, -0.1) is 0 Å². The van der Waals surface area contributed by atoms with E-state index in [9.17, 15) is 4.79 Å². The Kier molecular flexibility index (Phi) is 5.87. The number of ether oxygens (including phenoxy) is 3. The highest BCUT2D eigenvalue weighted by atomic mass is 79.9. The van der Waals surface area contributed by atoms with E-state index in [0.717, 1.165) is 16.5 Å². The minimum absolute atomic E-state index is 0.0188. The third-order valence-corrected chi connectivity index (χ3v) is 4.80. The third-order valence-electron chi connectivity index (χ3n) is 4.27. The summed E-state index contributed by atoms with van der Waals surface area (Å²) in [6.07, 6.45) is 8.92. The van der Waals surface area contributed by atoms with Crippen LogP contribution < -0.4 is 0 Å². The van der Waals surface area contributed by atoms with E-state index in [4.69, 9.17) is 14.2 Å². The van der Waals surface area contributed by atoms with Crippen LogP contribution in [0.5, 0.6) is 0 Å². The largest absolute Gasteiger partial charge is 0.457 e. The summed E-state index contributed by atoms with van der Waals surface area (Å²) in [4.78, 5) is 12.4. The summed E-state index contributed by atoms with van der Waals surface area (Å²) in [6, 6.07) is 7.87. The molecular weight excluding hydrogens is 372 g/mol. The molecule has 0 amide bonds. The van der Waals surface area contributed by atoms with Crippen molar-refractivity contribution >= 4 is 21.9 Å². The first-order valence-electron chi connectivity index (χ1n) is 8.12. The average Bonchev–Trinajstić information content (AvgIpc) is 2.60. The molecule has 3 rings (SSSR count). The Labute approximate surface area is 150 Å². The molecule has 0 aromatic heterocycles. The Morgan fingerprint density at radius 2 is 1.88 bits per heavy atom. The van der Waals surface area contributed by atoms with E-state index in [2.05, 4.69) is 28.1 Å². The van der Waals surface area contributed by atoms with Crippen molar-refractivity contribution in [3.05, 3.63) is 58.6 Å². The van der Waals surface area contributed by atoms with Gasteiger partial charge >= 0.3 is 5.97 Å². The van der Waals surface area contributed by atoms with Gasteiger partial charge in [0, 0.05) is 18.0 Å². The number of carbonyl (C=O) groups is 1. The van der Waals surface area contributed by atoms with Crippen LogP contribution in [0.3, 0.4) is 0 Å². The van der Waals surface area contributed by atoms with E-state index in [1.54, 1.807) is 7.11 Å². The zero-order valence-electron chi connectivity index (χ0n) is 13.6. The van der Waals surface area contributed by atoms with E-state index in [1.807, 2.05) is 36.4 Å². The normalized spacial score (nSPS) is 31.8. The summed E-state index contributed by atoms with van der Waals surface area (Å²) in [5, 5.41) is 0. The van der Waals surface area contributed by atoms with Crippen molar-refractivity contribution in [2.24, 2.45) is 0 Å². The Morgan fingerprint density at radius 3 is 2.62 bits per heavy atom. The van der Waals surface area contributed by atoms with Gasteiger partial charge in [-0.3, -0.25) is 4.79 Å². The van der Waals surface area contributed by atoms with Gasteiger partial charge in [0.2, 0.25) is 0 Å². The minimum atomic E-state index is -0.311. The first kappa shape index (κ1) is 17.4. The third kappa shape index (κ3) is 4.35. The molecule has 0 unspecified atom stereocenters. The topological polar surface area (TPSA) is 44.8 Å². The van der Waals surface area contributed by atoms with Crippen molar-refractivity contribution in [1.82, 2.24) is 0 Å². The molecule has 0 aliphatic carbocycles. The summed E-state index contributed by atoms with van der Waals surface area (Å²) < 4.78 is 18.1. The number of benzene rings is 1. The highest BCUT2D eigenvalue weighted by Crippen LogP contribution is 2.27. The first-order chi connectivity index (χ1) is 11.7. The molecule has 1 aromatic rings. The predicted molar refractivity (Wildman–Crippen MR) is 94.6 cm³/mol. The second-order valence-corrected chi connectivity index (χ2v) is 6.89. The van der Waals surface area contributed by atoms with E-state index in [-0.39, 0.29) is 36.8 Å². The van der Waals surface area contributed by atoms with Gasteiger partial charge in [-0.2, -0.15) is 0 Å². The summed E-state index contributed by atoms with van der Waals surface area (Å²) >= 11 is 3.43. The molecule has 0 radical (unpaired) electrons. The van der Waals surface area contributed by atoms with Gasteiger partial charge in [-0.05, 0) is 24.1 Å². The van der Waals surface area contributed by atoms with Crippen LogP contribution in [0.2, 0.25) is 0 Å². The van der Waals surface area contributed by atoms with Crippen molar-refractivity contribution in [3.63, 3.8) is 0 Å². The van der Waals surface area contributed by atoms with E-state index < -0.39 is 0 Å². The van der Waals surface area contributed by atoms with Crippen molar-refractivity contribution < 1.29 is 19.0 Å². The van der Waals surface area contributed by atoms with Gasteiger partial charge in [0.15, 0.2) is 0 Å². The number of esters is 1. The van der Waals surface area contributed by atoms with Crippen LogP contribution in [-0.2, 0) is 19.0 Å². The summed E-state index contributed by atoms with van der Waals surface area (Å²) in [7, 11) is 1.62. The molecule has 0 spiro atoms. The second kappa shape index (κ2) is 8.10. The number of hydrogen-bond acceptors (Lipinski definition) is 4. The quantitative estimate of drug-likeness (QED) is 0.560. The lowest BCUT2D eigenvalue weighted by Crippen LogP contribution is -2.38. The molecule has 2 heterocycles. The second-order valence-electron chi connectivity index (χ2n) is 5.98. The van der Waals surface area contributed by atoms with Crippen LogP contribution in [0.25, 0.3) is 0 Å². The standard InChI is InChI=1S/C19H21BrO4/c1-22-17-11-10-15-4-2-3-5-16(13-6-8-14(20)9-7-13)24-19(21)12-18(17)23-15/h2-3,6-11,15-18H,4-5,12H2,1H3/b3-2-/t15-,16-,17+,18-/m1/s1. The minimum Gasteiger partial charge on any atom is -0.457 e. The zero-order valence-corrected chi connectivity index (χ0v) is 15.1. The summed E-state index contributed by atoms with van der Waals surface area (Å²) in [5.74, 6) is -0.265. The molecule has 4 nitrogen and oxygen atoms in total. The fraction of sp³-hybridized carbons (Fsp3) is 0.421. The lowest BCUT2D eigenvalue weighted by molar-refractivity contribution is -0.156. The van der Waals surface area contributed by atoms with Crippen LogP contribution in [0.1, 0.15) is 30.9 Å². The molecule has 0 saturated heterocycles. The Morgan fingerprint density at radius 1 is 1.12 bits per heavy atom. The number of methoxy groups -OCH3 is 1. The van der Waals surface area contributed by atoms with Crippen LogP contribution in [0.4, 0.5) is 0 Å². The van der Waals surface area contributed by atoms with Crippen LogP contribution >= 0.6 is 15.9 Å². The molecule has 0 saturated carbocycles. The van der Waals surface area contributed by atoms with Crippen molar-refractivity contribution in [2.45, 2.75) is 43.7 Å². The molecule has 4 atom stereocenters. The monoisotopic (exact) mass is 392 g/mol. The molecule has 0 N–H and O–H groups in total. The fourth-order valence-corrected chi connectivity index (χ4v) is 3.25. The van der Waals surface area contributed by atoms with Crippen molar-refractivity contribution in [2.75, 3.05) is 7.11 Å². The number of hydrogen-bond donors (Lipinski definition) is 0. The predicted octanol–water partition coefficient (Wildman–Crippen LogP) is 4.11. The van der Waals surface area contributed by atoms with Gasteiger partial charge in [-0.1, -0.05) is 52.4 Å². The highest BCUT2D eigenvalue weighted by molar-refractivity contribution is 9.10. The zero-order chi connectivity index (χ0) is 16.9. The Bertz CT molecular complexity index is 623. The summed E-state index contributed by atoms with van der Waals surface area (Å²) in [6.45, 7) is 0. The van der Waals surface area contributed by atoms with E-state index >= 15 is 0 Å². The molecule has 1 aromatic carbocycles. The maximum absolute atomic E-state index is 12.4. The summed E-state index contributed by atoms with van der Waals surface area (Å²) in [5.41, 5.74) is 0.987.